The third-order valence-corrected chi connectivity index (χ3v) is 5.08. The van der Waals surface area contributed by atoms with E-state index >= 15 is 0 Å². The summed E-state index contributed by atoms with van der Waals surface area (Å²) in [5.74, 6) is 0.291. The molecule has 0 unspecified atom stereocenters. The first kappa shape index (κ1) is 21.9. The summed E-state index contributed by atoms with van der Waals surface area (Å²) in [4.78, 5) is 35.6. The molecule has 3 heterocycles. The van der Waals surface area contributed by atoms with Gasteiger partial charge in [-0.15, -0.1) is 0 Å². The number of hydrogen-bond acceptors (Lipinski definition) is 6. The van der Waals surface area contributed by atoms with E-state index in [9.17, 15) is 14.0 Å². The van der Waals surface area contributed by atoms with Crippen LogP contribution in [0.1, 0.15) is 20.8 Å². The maximum atomic E-state index is 12.9. The van der Waals surface area contributed by atoms with Crippen LogP contribution >= 0.6 is 0 Å². The van der Waals surface area contributed by atoms with Crippen molar-refractivity contribution in [2.75, 3.05) is 32.7 Å². The number of hydrogen-bond donors (Lipinski definition) is 1. The molecule has 0 spiro atoms. The first-order chi connectivity index (χ1) is 15.9. The molecular weight excluding hydrogens is 429 g/mol. The van der Waals surface area contributed by atoms with E-state index < -0.39 is 18.5 Å². The number of imidazole rings is 1. The number of rotatable bonds is 7. The number of benzene rings is 1. The first-order valence-corrected chi connectivity index (χ1v) is 10.1. The van der Waals surface area contributed by atoms with Gasteiger partial charge in [-0.3, -0.25) is 18.7 Å². The third kappa shape index (κ3) is 4.38. The summed E-state index contributed by atoms with van der Waals surface area (Å²) < 4.78 is 20.9. The third-order valence-electron chi connectivity index (χ3n) is 5.08. The molecule has 10 nitrogen and oxygen atoms in total. The Bertz CT molecular complexity index is 1330. The number of aromatic nitrogens is 5. The lowest BCUT2D eigenvalue weighted by Crippen LogP contribution is -2.30. The standard InChI is InChI=1S/C22H22FN7O3/c1-28(10-8-23)21(32)16-12-24-29(2)19(16)20(31)26-18-7-9-30-13-17(25-22(30)27-18)14-5-4-6-15(11-14)33-3/h4-7,9,11-13H,8,10H2,1-3H3,(H,25,26,27,31). The summed E-state index contributed by atoms with van der Waals surface area (Å²) in [5, 5.41) is 6.69. The van der Waals surface area contributed by atoms with Crippen LogP contribution in [0.15, 0.2) is 48.9 Å². The highest BCUT2D eigenvalue weighted by Crippen LogP contribution is 2.23. The highest BCUT2D eigenvalue weighted by atomic mass is 19.1. The Balaban J connectivity index is 1.59. The van der Waals surface area contributed by atoms with Crippen molar-refractivity contribution in [2.24, 2.45) is 7.05 Å². The molecule has 11 heteroatoms. The molecule has 170 valence electrons. The predicted molar refractivity (Wildman–Crippen MR) is 119 cm³/mol. The smallest absolute Gasteiger partial charge is 0.275 e. The lowest BCUT2D eigenvalue weighted by atomic mass is 10.1. The van der Waals surface area contributed by atoms with E-state index in [4.69, 9.17) is 4.74 Å². The van der Waals surface area contributed by atoms with Crippen molar-refractivity contribution < 1.29 is 18.7 Å². The summed E-state index contributed by atoms with van der Waals surface area (Å²) in [6.45, 7) is -0.765. The van der Waals surface area contributed by atoms with Gasteiger partial charge in [0.2, 0.25) is 5.78 Å². The van der Waals surface area contributed by atoms with Gasteiger partial charge in [-0.25, -0.2) is 9.37 Å². The van der Waals surface area contributed by atoms with E-state index in [1.165, 1.54) is 22.8 Å². The van der Waals surface area contributed by atoms with Crippen LogP contribution < -0.4 is 10.1 Å². The molecule has 0 aliphatic rings. The van der Waals surface area contributed by atoms with Gasteiger partial charge in [0, 0.05) is 38.6 Å². The van der Waals surface area contributed by atoms with E-state index in [1.54, 1.807) is 30.8 Å². The Morgan fingerprint density at radius 1 is 1.24 bits per heavy atom. The molecule has 0 atom stereocenters. The van der Waals surface area contributed by atoms with Gasteiger partial charge < -0.3 is 15.0 Å². The number of aryl methyl sites for hydroxylation is 1. The van der Waals surface area contributed by atoms with Crippen LogP contribution in [0.4, 0.5) is 10.2 Å². The second-order valence-electron chi connectivity index (χ2n) is 7.28. The van der Waals surface area contributed by atoms with E-state index in [2.05, 4.69) is 20.4 Å². The zero-order valence-corrected chi connectivity index (χ0v) is 18.3. The van der Waals surface area contributed by atoms with E-state index in [-0.39, 0.29) is 23.6 Å². The Labute approximate surface area is 188 Å². The second kappa shape index (κ2) is 9.07. The Morgan fingerprint density at radius 2 is 2.06 bits per heavy atom. The molecule has 3 aromatic heterocycles. The van der Waals surface area contributed by atoms with Crippen molar-refractivity contribution >= 4 is 23.4 Å². The first-order valence-electron chi connectivity index (χ1n) is 10.1. The van der Waals surface area contributed by atoms with E-state index in [0.717, 1.165) is 5.56 Å². The zero-order chi connectivity index (χ0) is 23.5. The molecule has 4 rings (SSSR count). The van der Waals surface area contributed by atoms with Gasteiger partial charge in [0.25, 0.3) is 11.8 Å². The highest BCUT2D eigenvalue weighted by molar-refractivity contribution is 6.10. The number of alkyl halides is 1. The molecular formula is C22H22FN7O3. The quantitative estimate of drug-likeness (QED) is 0.463. The predicted octanol–water partition coefficient (Wildman–Crippen LogP) is 2.43. The fourth-order valence-corrected chi connectivity index (χ4v) is 3.34. The van der Waals surface area contributed by atoms with Crippen molar-refractivity contribution in [2.45, 2.75) is 0 Å². The van der Waals surface area contributed by atoms with Crippen LogP contribution in [-0.2, 0) is 7.05 Å². The van der Waals surface area contributed by atoms with E-state index in [1.807, 2.05) is 30.5 Å². The molecule has 0 fully saturated rings. The maximum absolute atomic E-state index is 12.9. The molecule has 0 saturated heterocycles. The Morgan fingerprint density at radius 3 is 2.82 bits per heavy atom. The molecule has 0 bridgehead atoms. The SMILES string of the molecule is COc1cccc(-c2cn3ccc(NC(=O)c4c(C(=O)N(C)CCF)cnn4C)nc3n2)c1. The minimum atomic E-state index is -0.684. The van der Waals surface area contributed by atoms with Gasteiger partial charge in [-0.1, -0.05) is 12.1 Å². The van der Waals surface area contributed by atoms with Gasteiger partial charge in [-0.2, -0.15) is 10.1 Å². The summed E-state index contributed by atoms with van der Waals surface area (Å²) in [7, 11) is 4.61. The van der Waals surface area contributed by atoms with Gasteiger partial charge >= 0.3 is 0 Å². The molecule has 33 heavy (non-hydrogen) atoms. The molecule has 0 aliphatic carbocycles. The number of anilines is 1. The normalized spacial score (nSPS) is 10.9. The summed E-state index contributed by atoms with van der Waals surface area (Å²) in [6, 6.07) is 9.11. The van der Waals surface area contributed by atoms with Crippen LogP contribution in [-0.4, -0.2) is 68.2 Å². The Kier molecular flexibility index (Phi) is 6.03. The van der Waals surface area contributed by atoms with Gasteiger partial charge in [0.05, 0.1) is 24.6 Å². The fourth-order valence-electron chi connectivity index (χ4n) is 3.34. The number of carbonyl (C=O) groups excluding carboxylic acids is 2. The summed E-state index contributed by atoms with van der Waals surface area (Å²) in [5.41, 5.74) is 1.68. The van der Waals surface area contributed by atoms with Crippen molar-refractivity contribution in [3.05, 3.63) is 60.2 Å². The van der Waals surface area contributed by atoms with Crippen LogP contribution in [0.3, 0.4) is 0 Å². The van der Waals surface area contributed by atoms with Gasteiger partial charge in [0.15, 0.2) is 0 Å². The molecule has 4 aromatic rings. The topological polar surface area (TPSA) is 107 Å². The number of halogens is 1. The number of nitrogens with zero attached hydrogens (tertiary/aromatic N) is 6. The molecule has 0 aliphatic heterocycles. The van der Waals surface area contributed by atoms with Gasteiger partial charge in [0.1, 0.15) is 23.9 Å². The van der Waals surface area contributed by atoms with Crippen molar-refractivity contribution in [1.82, 2.24) is 29.0 Å². The minimum Gasteiger partial charge on any atom is -0.497 e. The fraction of sp³-hybridized carbons (Fsp3) is 0.227. The largest absolute Gasteiger partial charge is 0.497 e. The number of methoxy groups -OCH3 is 1. The van der Waals surface area contributed by atoms with Crippen LogP contribution in [0, 0.1) is 0 Å². The second-order valence-corrected chi connectivity index (χ2v) is 7.28. The lowest BCUT2D eigenvalue weighted by Gasteiger charge is -2.15. The number of amides is 2. The molecule has 1 N–H and O–H groups in total. The van der Waals surface area contributed by atoms with Gasteiger partial charge in [-0.05, 0) is 18.2 Å². The summed E-state index contributed by atoms with van der Waals surface area (Å²) >= 11 is 0. The summed E-state index contributed by atoms with van der Waals surface area (Å²) in [6.07, 6.45) is 4.83. The number of nitrogens with one attached hydrogen (secondary N) is 1. The van der Waals surface area contributed by atoms with Crippen molar-refractivity contribution in [3.63, 3.8) is 0 Å². The monoisotopic (exact) mass is 451 g/mol. The van der Waals surface area contributed by atoms with Crippen LogP contribution in [0.2, 0.25) is 0 Å². The number of fused-ring (bicyclic) bond motifs is 1. The molecule has 2 amide bonds. The lowest BCUT2D eigenvalue weighted by molar-refractivity contribution is 0.0780. The average molecular weight is 451 g/mol. The number of carbonyl (C=O) groups is 2. The average Bonchev–Trinajstić information content (AvgIpc) is 3.42. The van der Waals surface area contributed by atoms with E-state index in [0.29, 0.717) is 17.2 Å². The van der Waals surface area contributed by atoms with Crippen LogP contribution in [0.5, 0.6) is 5.75 Å². The molecule has 0 saturated carbocycles. The zero-order valence-electron chi connectivity index (χ0n) is 18.3. The maximum Gasteiger partial charge on any atom is 0.275 e. The Hall–Kier alpha value is -4.28. The number of ether oxygens (including phenoxy) is 1. The molecule has 0 radical (unpaired) electrons. The molecule has 1 aromatic carbocycles. The van der Waals surface area contributed by atoms with Crippen molar-refractivity contribution in [3.8, 4) is 17.0 Å². The van der Waals surface area contributed by atoms with Crippen molar-refractivity contribution in [1.29, 1.82) is 0 Å². The minimum absolute atomic E-state index is 0.0489. The highest BCUT2D eigenvalue weighted by Gasteiger charge is 2.24. The van der Waals surface area contributed by atoms with Crippen LogP contribution in [0.25, 0.3) is 17.0 Å².